The topological polar surface area (TPSA) is 66.4 Å². The van der Waals surface area contributed by atoms with Crippen molar-refractivity contribution in [1.82, 2.24) is 5.32 Å². The smallest absolute Gasteiger partial charge is 0.308 e. The van der Waals surface area contributed by atoms with E-state index in [2.05, 4.69) is 21.2 Å². The lowest BCUT2D eigenvalue weighted by Crippen LogP contribution is -2.40. The maximum Gasteiger partial charge on any atom is 0.308 e. The normalized spacial score (nSPS) is 13.8. The van der Waals surface area contributed by atoms with E-state index in [1.165, 1.54) is 0 Å². The van der Waals surface area contributed by atoms with Gasteiger partial charge in [0.25, 0.3) is 5.91 Å². The highest BCUT2D eigenvalue weighted by molar-refractivity contribution is 9.10. The number of carbonyl (C=O) groups excluding carboxylic acids is 1. The van der Waals surface area contributed by atoms with Crippen molar-refractivity contribution in [2.75, 3.05) is 0 Å². The van der Waals surface area contributed by atoms with Gasteiger partial charge < -0.3 is 10.4 Å². The fourth-order valence-corrected chi connectivity index (χ4v) is 1.82. The summed E-state index contributed by atoms with van der Waals surface area (Å²) in [6, 6.07) is 5.00. The molecule has 0 fully saturated rings. The molecule has 0 saturated carbocycles. The molecule has 5 heteroatoms. The number of aliphatic carboxylic acids is 1. The second-order valence-corrected chi connectivity index (χ2v) is 5.26. The minimum atomic E-state index is -0.922. The molecule has 1 amide bonds. The van der Waals surface area contributed by atoms with E-state index in [9.17, 15) is 9.59 Å². The van der Waals surface area contributed by atoms with Crippen LogP contribution in [-0.4, -0.2) is 23.0 Å². The van der Waals surface area contributed by atoms with Crippen LogP contribution < -0.4 is 5.32 Å². The summed E-state index contributed by atoms with van der Waals surface area (Å²) in [5, 5.41) is 11.6. The number of nitrogens with one attached hydrogen (secondary N) is 1. The average Bonchev–Trinajstić information content (AvgIpc) is 2.30. The fourth-order valence-electron chi connectivity index (χ4n) is 1.46. The van der Waals surface area contributed by atoms with Gasteiger partial charge in [0.05, 0.1) is 5.92 Å². The summed E-state index contributed by atoms with van der Waals surface area (Å²) in [6.45, 7) is 5.09. The molecule has 0 aliphatic rings. The van der Waals surface area contributed by atoms with E-state index in [4.69, 9.17) is 5.11 Å². The van der Waals surface area contributed by atoms with Crippen LogP contribution in [0.3, 0.4) is 0 Å². The highest BCUT2D eigenvalue weighted by Gasteiger charge is 2.22. The molecule has 0 saturated heterocycles. The highest BCUT2D eigenvalue weighted by Crippen LogP contribution is 2.16. The van der Waals surface area contributed by atoms with Crippen LogP contribution in [0.5, 0.6) is 0 Å². The molecule has 0 aliphatic heterocycles. The van der Waals surface area contributed by atoms with Gasteiger partial charge in [-0.3, -0.25) is 9.59 Å². The van der Waals surface area contributed by atoms with Crippen molar-refractivity contribution < 1.29 is 14.7 Å². The molecule has 18 heavy (non-hydrogen) atoms. The lowest BCUT2D eigenvalue weighted by molar-refractivity contribution is -0.141. The van der Waals surface area contributed by atoms with Gasteiger partial charge >= 0.3 is 5.97 Å². The van der Waals surface area contributed by atoms with Gasteiger partial charge in [-0.15, -0.1) is 0 Å². The quantitative estimate of drug-likeness (QED) is 0.898. The molecule has 98 valence electrons. The number of halogens is 1. The summed E-state index contributed by atoms with van der Waals surface area (Å²) in [5.74, 6) is -1.80. The molecular formula is C13H16BrNO3. The zero-order valence-electron chi connectivity index (χ0n) is 10.5. The van der Waals surface area contributed by atoms with E-state index in [-0.39, 0.29) is 5.91 Å². The maximum absolute atomic E-state index is 12.0. The zero-order chi connectivity index (χ0) is 13.9. The number of aryl methyl sites for hydroxylation is 1. The SMILES string of the molecule is Cc1ccc(Br)cc1C(=O)NC(C)C(C)C(=O)O. The van der Waals surface area contributed by atoms with Crippen LogP contribution in [0.25, 0.3) is 0 Å². The molecule has 1 aromatic carbocycles. The molecule has 0 bridgehead atoms. The van der Waals surface area contributed by atoms with Crippen molar-refractivity contribution in [3.05, 3.63) is 33.8 Å². The molecule has 1 aromatic rings. The van der Waals surface area contributed by atoms with E-state index >= 15 is 0 Å². The Kier molecular flexibility index (Phi) is 4.90. The fraction of sp³-hybridized carbons (Fsp3) is 0.385. The highest BCUT2D eigenvalue weighted by atomic mass is 79.9. The third-order valence-corrected chi connectivity index (χ3v) is 3.44. The van der Waals surface area contributed by atoms with Gasteiger partial charge in [0, 0.05) is 16.1 Å². The molecule has 2 unspecified atom stereocenters. The number of hydrogen-bond acceptors (Lipinski definition) is 2. The number of rotatable bonds is 4. The van der Waals surface area contributed by atoms with E-state index in [0.29, 0.717) is 5.56 Å². The van der Waals surface area contributed by atoms with Gasteiger partial charge in [-0.2, -0.15) is 0 Å². The number of carbonyl (C=O) groups is 2. The predicted molar refractivity (Wildman–Crippen MR) is 72.6 cm³/mol. The standard InChI is InChI=1S/C13H16BrNO3/c1-7-4-5-10(14)6-11(7)12(16)15-9(3)8(2)13(17)18/h4-6,8-9H,1-3H3,(H,15,16)(H,17,18). The Morgan fingerprint density at radius 3 is 2.50 bits per heavy atom. The lowest BCUT2D eigenvalue weighted by Gasteiger charge is -2.18. The first kappa shape index (κ1) is 14.7. The van der Waals surface area contributed by atoms with E-state index in [1.54, 1.807) is 19.9 Å². The lowest BCUT2D eigenvalue weighted by atomic mass is 10.0. The molecule has 2 atom stereocenters. The Morgan fingerprint density at radius 2 is 1.94 bits per heavy atom. The summed E-state index contributed by atoms with van der Waals surface area (Å²) in [6.07, 6.45) is 0. The minimum Gasteiger partial charge on any atom is -0.481 e. The summed E-state index contributed by atoms with van der Waals surface area (Å²) in [5.41, 5.74) is 1.40. The van der Waals surface area contributed by atoms with Crippen molar-refractivity contribution in [3.8, 4) is 0 Å². The number of amides is 1. The van der Waals surface area contributed by atoms with Gasteiger partial charge in [0.15, 0.2) is 0 Å². The van der Waals surface area contributed by atoms with Gasteiger partial charge in [-0.05, 0) is 38.5 Å². The minimum absolute atomic E-state index is 0.255. The molecule has 0 spiro atoms. The van der Waals surface area contributed by atoms with Crippen LogP contribution >= 0.6 is 15.9 Å². The van der Waals surface area contributed by atoms with E-state index in [1.807, 2.05) is 19.1 Å². The molecule has 4 nitrogen and oxygen atoms in total. The molecule has 2 N–H and O–H groups in total. The number of carboxylic acids is 1. The summed E-state index contributed by atoms with van der Waals surface area (Å²) in [4.78, 5) is 22.9. The van der Waals surface area contributed by atoms with Crippen molar-refractivity contribution in [3.63, 3.8) is 0 Å². The molecule has 0 aliphatic carbocycles. The Morgan fingerprint density at radius 1 is 1.33 bits per heavy atom. The van der Waals surface area contributed by atoms with E-state index in [0.717, 1.165) is 10.0 Å². The monoisotopic (exact) mass is 313 g/mol. The summed E-state index contributed by atoms with van der Waals surface area (Å²) < 4.78 is 0.817. The van der Waals surface area contributed by atoms with Crippen LogP contribution in [0.15, 0.2) is 22.7 Å². The molecular weight excluding hydrogens is 298 g/mol. The summed E-state index contributed by atoms with van der Waals surface area (Å²) in [7, 11) is 0. The second kappa shape index (κ2) is 6.00. The first-order chi connectivity index (χ1) is 8.32. The number of carboxylic acid groups (broad SMARTS) is 1. The third-order valence-electron chi connectivity index (χ3n) is 2.94. The van der Waals surface area contributed by atoms with Gasteiger partial charge in [0.1, 0.15) is 0 Å². The number of benzene rings is 1. The first-order valence-electron chi connectivity index (χ1n) is 5.62. The van der Waals surface area contributed by atoms with Gasteiger partial charge in [-0.25, -0.2) is 0 Å². The van der Waals surface area contributed by atoms with Crippen molar-refractivity contribution >= 4 is 27.8 Å². The first-order valence-corrected chi connectivity index (χ1v) is 6.42. The van der Waals surface area contributed by atoms with Crippen molar-refractivity contribution in [2.24, 2.45) is 5.92 Å². The second-order valence-electron chi connectivity index (χ2n) is 4.35. The van der Waals surface area contributed by atoms with Crippen LogP contribution in [0, 0.1) is 12.8 Å². The van der Waals surface area contributed by atoms with E-state index < -0.39 is 17.9 Å². The largest absolute Gasteiger partial charge is 0.481 e. The van der Waals surface area contributed by atoms with Crippen LogP contribution in [0.4, 0.5) is 0 Å². The Labute approximate surface area is 115 Å². The Bertz CT molecular complexity index is 473. The molecule has 0 radical (unpaired) electrons. The van der Waals surface area contributed by atoms with Crippen LogP contribution in [-0.2, 0) is 4.79 Å². The van der Waals surface area contributed by atoms with Gasteiger partial charge in [-0.1, -0.05) is 22.0 Å². The zero-order valence-corrected chi connectivity index (χ0v) is 12.1. The molecule has 0 aromatic heterocycles. The van der Waals surface area contributed by atoms with Gasteiger partial charge in [0.2, 0.25) is 0 Å². The predicted octanol–water partition coefficient (Wildman–Crippen LogP) is 2.60. The van der Waals surface area contributed by atoms with Crippen LogP contribution in [0.1, 0.15) is 29.8 Å². The maximum atomic E-state index is 12.0. The average molecular weight is 314 g/mol. The Balaban J connectivity index is 2.82. The van der Waals surface area contributed by atoms with Crippen LogP contribution in [0.2, 0.25) is 0 Å². The van der Waals surface area contributed by atoms with Crippen molar-refractivity contribution in [1.29, 1.82) is 0 Å². The molecule has 1 rings (SSSR count). The Hall–Kier alpha value is -1.36. The summed E-state index contributed by atoms with van der Waals surface area (Å²) >= 11 is 3.31. The number of hydrogen-bond donors (Lipinski definition) is 2. The third kappa shape index (κ3) is 3.57. The van der Waals surface area contributed by atoms with Crippen molar-refractivity contribution in [2.45, 2.75) is 26.8 Å². The molecule has 0 heterocycles.